The van der Waals surface area contributed by atoms with E-state index >= 15 is 0 Å². The second kappa shape index (κ2) is 5.52. The normalized spacial score (nSPS) is 11.9. The Morgan fingerprint density at radius 3 is 2.93 bits per heavy atom. The third-order valence-corrected chi connectivity index (χ3v) is 2.62. The maximum atomic E-state index is 13.4. The number of halogens is 3. The van der Waals surface area contributed by atoms with Gasteiger partial charge in [-0.1, -0.05) is 22.0 Å². The molecule has 1 aromatic carbocycles. The smallest absolute Gasteiger partial charge is 0.130 e. The largest absolute Gasteiger partial charge is 0.206 e. The highest BCUT2D eigenvalue weighted by Gasteiger charge is 2.03. The van der Waals surface area contributed by atoms with E-state index in [4.69, 9.17) is 11.6 Å². The second-order valence-corrected chi connectivity index (χ2v) is 4.28. The summed E-state index contributed by atoms with van der Waals surface area (Å²) in [5.41, 5.74) is 1.55. The second-order valence-electron chi connectivity index (χ2n) is 2.99. The van der Waals surface area contributed by atoms with E-state index in [2.05, 4.69) is 15.9 Å². The van der Waals surface area contributed by atoms with Crippen LogP contribution in [0.4, 0.5) is 4.39 Å². The highest BCUT2D eigenvalue weighted by Crippen LogP contribution is 2.22. The molecule has 0 aromatic heterocycles. The monoisotopic (exact) mass is 276 g/mol. The highest BCUT2D eigenvalue weighted by atomic mass is 79.9. The first-order chi connectivity index (χ1) is 6.65. The molecule has 0 aliphatic heterocycles. The van der Waals surface area contributed by atoms with Crippen molar-refractivity contribution in [3.05, 3.63) is 40.1 Å². The molecule has 0 atom stereocenters. The molecule has 0 saturated heterocycles. The van der Waals surface area contributed by atoms with Crippen LogP contribution in [0.3, 0.4) is 0 Å². The number of alkyl halides is 1. The number of hydrogen-bond donors (Lipinski definition) is 0. The van der Waals surface area contributed by atoms with Gasteiger partial charge in [0.15, 0.2) is 0 Å². The first-order valence-electron chi connectivity index (χ1n) is 4.33. The summed E-state index contributed by atoms with van der Waals surface area (Å²) in [5, 5.41) is 0. The molecular weight excluding hydrogens is 266 g/mol. The van der Waals surface area contributed by atoms with Crippen LogP contribution in [0.1, 0.15) is 18.9 Å². The quantitative estimate of drug-likeness (QED) is 0.707. The molecule has 0 amide bonds. The van der Waals surface area contributed by atoms with Crippen molar-refractivity contribution in [3.8, 4) is 0 Å². The van der Waals surface area contributed by atoms with Gasteiger partial charge in [-0.3, -0.25) is 0 Å². The molecule has 0 fully saturated rings. The lowest BCUT2D eigenvalue weighted by atomic mass is 10.1. The van der Waals surface area contributed by atoms with Crippen LogP contribution in [-0.4, -0.2) is 5.88 Å². The molecule has 0 radical (unpaired) electrons. The van der Waals surface area contributed by atoms with Crippen LogP contribution in [0.2, 0.25) is 0 Å². The molecular formula is C11H11BrClF. The van der Waals surface area contributed by atoms with Crippen molar-refractivity contribution in [2.45, 2.75) is 13.3 Å². The SMILES string of the molecule is C/C(=C/CCCl)c1cc(Br)ccc1F. The van der Waals surface area contributed by atoms with E-state index in [9.17, 15) is 4.39 Å². The summed E-state index contributed by atoms with van der Waals surface area (Å²) in [6.45, 7) is 1.89. The topological polar surface area (TPSA) is 0 Å². The molecule has 0 N–H and O–H groups in total. The summed E-state index contributed by atoms with van der Waals surface area (Å²) in [6.07, 6.45) is 2.71. The van der Waals surface area contributed by atoms with Crippen molar-refractivity contribution in [2.75, 3.05) is 5.88 Å². The first kappa shape index (κ1) is 11.7. The lowest BCUT2D eigenvalue weighted by Crippen LogP contribution is -1.87. The number of benzene rings is 1. The van der Waals surface area contributed by atoms with Crippen LogP contribution in [-0.2, 0) is 0 Å². The standard InChI is InChI=1S/C11H11BrClF/c1-8(3-2-6-13)10-7-9(12)4-5-11(10)14/h3-5,7H,2,6H2,1H3/b8-3-. The fraction of sp³-hybridized carbons (Fsp3) is 0.273. The third-order valence-electron chi connectivity index (χ3n) is 1.91. The predicted octanol–water partition coefficient (Wildman–Crippen LogP) is 4.62. The van der Waals surface area contributed by atoms with Gasteiger partial charge in [-0.15, -0.1) is 11.6 Å². The molecule has 0 unspecified atom stereocenters. The lowest BCUT2D eigenvalue weighted by Gasteiger charge is -2.03. The van der Waals surface area contributed by atoms with Crippen molar-refractivity contribution in [3.63, 3.8) is 0 Å². The summed E-state index contributed by atoms with van der Waals surface area (Å²) in [4.78, 5) is 0. The molecule has 0 nitrogen and oxygen atoms in total. The van der Waals surface area contributed by atoms with Crippen LogP contribution >= 0.6 is 27.5 Å². The maximum Gasteiger partial charge on any atom is 0.130 e. The Hall–Kier alpha value is -0.340. The van der Waals surface area contributed by atoms with Crippen LogP contribution in [0, 0.1) is 5.82 Å². The zero-order valence-corrected chi connectivity index (χ0v) is 10.2. The number of allylic oxidation sites excluding steroid dienone is 2. The van der Waals surface area contributed by atoms with Crippen LogP contribution < -0.4 is 0 Å². The molecule has 14 heavy (non-hydrogen) atoms. The van der Waals surface area contributed by atoms with E-state index in [1.165, 1.54) is 6.07 Å². The van der Waals surface area contributed by atoms with Gasteiger partial charge in [-0.05, 0) is 37.1 Å². The molecule has 0 aliphatic carbocycles. The zero-order valence-electron chi connectivity index (χ0n) is 7.86. The van der Waals surface area contributed by atoms with Gasteiger partial charge in [0.05, 0.1) is 0 Å². The van der Waals surface area contributed by atoms with Crippen molar-refractivity contribution in [2.24, 2.45) is 0 Å². The Bertz CT molecular complexity index is 347. The van der Waals surface area contributed by atoms with Gasteiger partial charge in [0.25, 0.3) is 0 Å². The van der Waals surface area contributed by atoms with Gasteiger partial charge >= 0.3 is 0 Å². The van der Waals surface area contributed by atoms with E-state index in [0.29, 0.717) is 11.4 Å². The molecule has 0 aliphatic rings. The molecule has 0 bridgehead atoms. The van der Waals surface area contributed by atoms with E-state index in [1.54, 1.807) is 12.1 Å². The Kier molecular flexibility index (Phi) is 4.63. The van der Waals surface area contributed by atoms with Gasteiger partial charge < -0.3 is 0 Å². The van der Waals surface area contributed by atoms with Crippen molar-refractivity contribution < 1.29 is 4.39 Å². The number of rotatable bonds is 3. The molecule has 0 heterocycles. The molecule has 76 valence electrons. The van der Waals surface area contributed by atoms with Gasteiger partial charge in [0, 0.05) is 15.9 Å². The van der Waals surface area contributed by atoms with Gasteiger partial charge in [-0.2, -0.15) is 0 Å². The first-order valence-corrected chi connectivity index (χ1v) is 5.66. The minimum atomic E-state index is -0.198. The summed E-state index contributed by atoms with van der Waals surface area (Å²) < 4.78 is 14.2. The minimum Gasteiger partial charge on any atom is -0.206 e. The molecule has 0 saturated carbocycles. The number of hydrogen-bond acceptors (Lipinski definition) is 0. The molecule has 3 heteroatoms. The Labute approximate surface area is 96.9 Å². The maximum absolute atomic E-state index is 13.4. The average molecular weight is 278 g/mol. The Morgan fingerprint density at radius 2 is 2.29 bits per heavy atom. The summed E-state index contributed by atoms with van der Waals surface area (Å²) in [5.74, 6) is 0.365. The van der Waals surface area contributed by atoms with Gasteiger partial charge in [0.2, 0.25) is 0 Å². The Morgan fingerprint density at radius 1 is 1.57 bits per heavy atom. The lowest BCUT2D eigenvalue weighted by molar-refractivity contribution is 0.623. The summed E-state index contributed by atoms with van der Waals surface area (Å²) in [6, 6.07) is 4.92. The molecule has 0 spiro atoms. The highest BCUT2D eigenvalue weighted by molar-refractivity contribution is 9.10. The summed E-state index contributed by atoms with van der Waals surface area (Å²) >= 11 is 8.87. The van der Waals surface area contributed by atoms with E-state index < -0.39 is 0 Å². The van der Waals surface area contributed by atoms with Crippen LogP contribution in [0.25, 0.3) is 5.57 Å². The van der Waals surface area contributed by atoms with Crippen LogP contribution in [0.5, 0.6) is 0 Å². The van der Waals surface area contributed by atoms with Crippen molar-refractivity contribution in [1.29, 1.82) is 0 Å². The van der Waals surface area contributed by atoms with Crippen molar-refractivity contribution >= 4 is 33.1 Å². The molecule has 1 rings (SSSR count). The van der Waals surface area contributed by atoms with Crippen LogP contribution in [0.15, 0.2) is 28.7 Å². The average Bonchev–Trinajstić information content (AvgIpc) is 2.18. The van der Waals surface area contributed by atoms with Gasteiger partial charge in [-0.25, -0.2) is 4.39 Å². The fourth-order valence-corrected chi connectivity index (χ4v) is 1.65. The summed E-state index contributed by atoms with van der Waals surface area (Å²) in [7, 11) is 0. The van der Waals surface area contributed by atoms with E-state index in [-0.39, 0.29) is 5.82 Å². The minimum absolute atomic E-state index is 0.198. The predicted molar refractivity (Wildman–Crippen MR) is 63.1 cm³/mol. The third kappa shape index (κ3) is 3.10. The van der Waals surface area contributed by atoms with E-state index in [0.717, 1.165) is 16.5 Å². The van der Waals surface area contributed by atoms with Gasteiger partial charge in [0.1, 0.15) is 5.82 Å². The molecule has 1 aromatic rings. The van der Waals surface area contributed by atoms with E-state index in [1.807, 2.05) is 13.0 Å². The van der Waals surface area contributed by atoms with Crippen molar-refractivity contribution in [1.82, 2.24) is 0 Å². The zero-order chi connectivity index (χ0) is 10.6. The fourth-order valence-electron chi connectivity index (χ4n) is 1.18. The Balaban J connectivity index is 2.99.